The molecule has 138 valence electrons. The lowest BCUT2D eigenvalue weighted by Gasteiger charge is -2.12. The van der Waals surface area contributed by atoms with Crippen LogP contribution in [-0.4, -0.2) is 32.6 Å². The van der Waals surface area contributed by atoms with Crippen LogP contribution >= 0.6 is 11.8 Å². The lowest BCUT2D eigenvalue weighted by molar-refractivity contribution is -0.137. The molecule has 6 nitrogen and oxygen atoms in total. The fraction of sp³-hybridized carbons (Fsp3) is 0.211. The molecule has 1 aromatic heterocycles. The summed E-state index contributed by atoms with van der Waals surface area (Å²) in [6.45, 7) is 0.456. The van der Waals surface area contributed by atoms with Gasteiger partial charge in [-0.3, -0.25) is 9.36 Å². The van der Waals surface area contributed by atoms with Gasteiger partial charge in [-0.15, -0.1) is 10.2 Å². The molecule has 4 rings (SSSR count). The maximum Gasteiger partial charge on any atom is 0.319 e. The SMILES string of the molecule is O=C1OCC[C@H]1Sc1nnc(COc2ccccc2F)n1-c1ccccc1. The quantitative estimate of drug-likeness (QED) is 0.606. The zero-order valence-corrected chi connectivity index (χ0v) is 15.1. The number of carbonyl (C=O) groups excluding carboxylic acids is 1. The number of esters is 1. The molecule has 1 fully saturated rings. The third kappa shape index (κ3) is 3.80. The molecule has 2 heterocycles. The summed E-state index contributed by atoms with van der Waals surface area (Å²) in [6, 6.07) is 15.7. The average Bonchev–Trinajstić information content (AvgIpc) is 3.28. The number of benzene rings is 2. The highest BCUT2D eigenvalue weighted by Crippen LogP contribution is 2.31. The van der Waals surface area contributed by atoms with Crippen molar-refractivity contribution in [1.29, 1.82) is 0 Å². The van der Waals surface area contributed by atoms with Crippen LogP contribution in [0.5, 0.6) is 5.75 Å². The molecule has 1 atom stereocenters. The van der Waals surface area contributed by atoms with Crippen molar-refractivity contribution in [3.05, 3.63) is 66.2 Å². The number of hydrogen-bond donors (Lipinski definition) is 0. The molecule has 0 spiro atoms. The first-order valence-electron chi connectivity index (χ1n) is 8.43. The van der Waals surface area contributed by atoms with E-state index in [0.717, 1.165) is 5.69 Å². The summed E-state index contributed by atoms with van der Waals surface area (Å²) in [5, 5.41) is 8.67. The molecule has 27 heavy (non-hydrogen) atoms. The van der Waals surface area contributed by atoms with E-state index in [1.54, 1.807) is 18.2 Å². The van der Waals surface area contributed by atoms with E-state index in [1.165, 1.54) is 17.8 Å². The second-order valence-corrected chi connectivity index (χ2v) is 7.02. The fourth-order valence-electron chi connectivity index (χ4n) is 2.72. The normalized spacial score (nSPS) is 16.3. The summed E-state index contributed by atoms with van der Waals surface area (Å²) >= 11 is 1.31. The second-order valence-electron chi connectivity index (χ2n) is 5.85. The number of ether oxygens (including phenoxy) is 2. The fourth-order valence-corrected chi connectivity index (χ4v) is 3.76. The van der Waals surface area contributed by atoms with Crippen LogP contribution in [-0.2, 0) is 16.1 Å². The molecular weight excluding hydrogens is 369 g/mol. The first-order valence-corrected chi connectivity index (χ1v) is 9.30. The van der Waals surface area contributed by atoms with Crippen LogP contribution in [0.4, 0.5) is 4.39 Å². The molecule has 2 aromatic carbocycles. The molecule has 0 aliphatic carbocycles. The van der Waals surface area contributed by atoms with Crippen molar-refractivity contribution < 1.29 is 18.7 Å². The highest BCUT2D eigenvalue weighted by atomic mass is 32.2. The molecule has 0 saturated carbocycles. The van der Waals surface area contributed by atoms with Gasteiger partial charge in [0.1, 0.15) is 11.9 Å². The minimum Gasteiger partial charge on any atom is -0.483 e. The third-order valence-corrected chi connectivity index (χ3v) is 5.23. The summed E-state index contributed by atoms with van der Waals surface area (Å²) in [7, 11) is 0. The predicted octanol–water partition coefficient (Wildman–Crippen LogP) is 3.39. The van der Waals surface area contributed by atoms with Crippen molar-refractivity contribution in [3.8, 4) is 11.4 Å². The highest BCUT2D eigenvalue weighted by molar-refractivity contribution is 8.00. The van der Waals surface area contributed by atoms with Crippen molar-refractivity contribution in [3.63, 3.8) is 0 Å². The number of hydrogen-bond acceptors (Lipinski definition) is 6. The van der Waals surface area contributed by atoms with Gasteiger partial charge < -0.3 is 9.47 Å². The third-order valence-electron chi connectivity index (χ3n) is 4.04. The van der Waals surface area contributed by atoms with Gasteiger partial charge in [0.05, 0.1) is 6.61 Å². The minimum absolute atomic E-state index is 0.0402. The smallest absolute Gasteiger partial charge is 0.319 e. The zero-order valence-electron chi connectivity index (χ0n) is 14.2. The van der Waals surface area contributed by atoms with Crippen LogP contribution in [0.3, 0.4) is 0 Å². The molecular formula is C19H16FN3O3S. The maximum atomic E-state index is 13.8. The lowest BCUT2D eigenvalue weighted by atomic mass is 10.3. The molecule has 3 aromatic rings. The van der Waals surface area contributed by atoms with E-state index in [2.05, 4.69) is 10.2 Å². The van der Waals surface area contributed by atoms with Crippen molar-refractivity contribution in [2.45, 2.75) is 23.4 Å². The number of rotatable bonds is 6. The van der Waals surface area contributed by atoms with Crippen molar-refractivity contribution in [2.24, 2.45) is 0 Å². The van der Waals surface area contributed by atoms with Crippen LogP contribution in [0.2, 0.25) is 0 Å². The predicted molar refractivity (Wildman–Crippen MR) is 97.3 cm³/mol. The Bertz CT molecular complexity index is 948. The van der Waals surface area contributed by atoms with E-state index < -0.39 is 5.82 Å². The molecule has 0 radical (unpaired) electrons. The topological polar surface area (TPSA) is 66.2 Å². The summed E-state index contributed by atoms with van der Waals surface area (Å²) in [5.74, 6) is -0.0228. The number of thioether (sulfide) groups is 1. The van der Waals surface area contributed by atoms with Gasteiger partial charge in [0, 0.05) is 12.1 Å². The molecule has 8 heteroatoms. The Morgan fingerprint density at radius 1 is 1.15 bits per heavy atom. The van der Waals surface area contributed by atoms with E-state index >= 15 is 0 Å². The highest BCUT2D eigenvalue weighted by Gasteiger charge is 2.30. The average molecular weight is 385 g/mol. The Kier molecular flexibility index (Phi) is 5.06. The van der Waals surface area contributed by atoms with Crippen molar-refractivity contribution in [2.75, 3.05) is 6.61 Å². The zero-order chi connectivity index (χ0) is 18.6. The molecule has 0 bridgehead atoms. The van der Waals surface area contributed by atoms with Gasteiger partial charge in [0.2, 0.25) is 0 Å². The minimum atomic E-state index is -0.438. The number of aromatic nitrogens is 3. The molecule has 0 unspecified atom stereocenters. The van der Waals surface area contributed by atoms with E-state index in [9.17, 15) is 9.18 Å². The number of carbonyl (C=O) groups is 1. The number of nitrogens with zero attached hydrogens (tertiary/aromatic N) is 3. The monoisotopic (exact) mass is 385 g/mol. The van der Waals surface area contributed by atoms with Gasteiger partial charge >= 0.3 is 5.97 Å². The summed E-state index contributed by atoms with van der Waals surface area (Å²) < 4.78 is 26.2. The van der Waals surface area contributed by atoms with E-state index in [1.807, 2.05) is 34.9 Å². The van der Waals surface area contributed by atoms with E-state index in [-0.39, 0.29) is 23.6 Å². The van der Waals surface area contributed by atoms with Gasteiger partial charge in [-0.2, -0.15) is 0 Å². The summed E-state index contributed by atoms with van der Waals surface area (Å²) in [6.07, 6.45) is 0.631. The first kappa shape index (κ1) is 17.5. The Morgan fingerprint density at radius 3 is 2.67 bits per heavy atom. The van der Waals surface area contributed by atoms with Gasteiger partial charge in [0.15, 0.2) is 22.5 Å². The van der Waals surface area contributed by atoms with Crippen LogP contribution in [0, 0.1) is 5.82 Å². The molecule has 0 N–H and O–H groups in total. The van der Waals surface area contributed by atoms with Gasteiger partial charge in [-0.1, -0.05) is 42.1 Å². The summed E-state index contributed by atoms with van der Waals surface area (Å²) in [5.41, 5.74) is 0.837. The van der Waals surface area contributed by atoms with E-state index in [0.29, 0.717) is 24.0 Å². The van der Waals surface area contributed by atoms with Crippen LogP contribution < -0.4 is 4.74 Å². The Morgan fingerprint density at radius 2 is 1.93 bits per heavy atom. The molecule has 1 aliphatic heterocycles. The first-order chi connectivity index (χ1) is 13.2. The van der Waals surface area contributed by atoms with Gasteiger partial charge in [0.25, 0.3) is 0 Å². The Labute approximate surface area is 159 Å². The number of halogens is 1. The number of cyclic esters (lactones) is 1. The molecule has 1 saturated heterocycles. The standard InChI is InChI=1S/C19H16FN3O3S/c20-14-8-4-5-9-15(14)26-12-17-21-22-19(27-16-10-11-25-18(16)24)23(17)13-6-2-1-3-7-13/h1-9,16H,10-12H2/t16-/m1/s1. The van der Waals surface area contributed by atoms with Crippen LogP contribution in [0.25, 0.3) is 5.69 Å². The van der Waals surface area contributed by atoms with Gasteiger partial charge in [-0.05, 0) is 24.3 Å². The largest absolute Gasteiger partial charge is 0.483 e. The van der Waals surface area contributed by atoms with Gasteiger partial charge in [-0.25, -0.2) is 4.39 Å². The molecule has 1 aliphatic rings. The number of para-hydroxylation sites is 2. The lowest BCUT2D eigenvalue weighted by Crippen LogP contribution is -2.12. The van der Waals surface area contributed by atoms with Crippen molar-refractivity contribution >= 4 is 17.7 Å². The van der Waals surface area contributed by atoms with Crippen LogP contribution in [0.15, 0.2) is 59.8 Å². The second kappa shape index (κ2) is 7.79. The maximum absolute atomic E-state index is 13.8. The van der Waals surface area contributed by atoms with Crippen molar-refractivity contribution in [1.82, 2.24) is 14.8 Å². The molecule has 0 amide bonds. The summed E-state index contributed by atoms with van der Waals surface area (Å²) in [4.78, 5) is 11.8. The Balaban J connectivity index is 1.63. The Hall–Kier alpha value is -2.87. The van der Waals surface area contributed by atoms with Crippen LogP contribution in [0.1, 0.15) is 12.2 Å². The van der Waals surface area contributed by atoms with E-state index in [4.69, 9.17) is 9.47 Å².